The van der Waals surface area contributed by atoms with E-state index < -0.39 is 35.2 Å². The second kappa shape index (κ2) is 6.32. The van der Waals surface area contributed by atoms with Gasteiger partial charge in [0.25, 0.3) is 0 Å². The minimum atomic E-state index is -1.52. The summed E-state index contributed by atoms with van der Waals surface area (Å²) >= 11 is 0. The number of benzene rings is 1. The maximum atomic E-state index is 13.2. The number of fused-ring (bicyclic) bond motifs is 1. The largest absolute Gasteiger partial charge is 0.468 e. The lowest BCUT2D eigenvalue weighted by molar-refractivity contribution is -0.149. The van der Waals surface area contributed by atoms with Crippen molar-refractivity contribution in [3.8, 4) is 6.07 Å². The molecule has 0 saturated carbocycles. The highest BCUT2D eigenvalue weighted by Crippen LogP contribution is 2.51. The van der Waals surface area contributed by atoms with E-state index in [1.54, 1.807) is 38.1 Å². The van der Waals surface area contributed by atoms with Crippen molar-refractivity contribution in [2.75, 3.05) is 19.1 Å². The van der Waals surface area contributed by atoms with Gasteiger partial charge in [0.1, 0.15) is 5.41 Å². The van der Waals surface area contributed by atoms with Gasteiger partial charge in [0, 0.05) is 0 Å². The third kappa shape index (κ3) is 2.14. The Labute approximate surface area is 139 Å². The molecule has 0 N–H and O–H groups in total. The average Bonchev–Trinajstić information content (AvgIpc) is 2.84. The maximum Gasteiger partial charge on any atom is 0.420 e. The highest BCUT2D eigenvalue weighted by atomic mass is 16.5. The first-order valence-electron chi connectivity index (χ1n) is 7.37. The summed E-state index contributed by atoms with van der Waals surface area (Å²) in [5, 5.41) is 9.59. The Morgan fingerprint density at radius 2 is 1.83 bits per heavy atom. The molecule has 1 heterocycles. The molecule has 2 rings (SSSR count). The predicted molar refractivity (Wildman–Crippen MR) is 84.0 cm³/mol. The Hall–Kier alpha value is -2.88. The van der Waals surface area contributed by atoms with Gasteiger partial charge in [-0.1, -0.05) is 32.0 Å². The van der Waals surface area contributed by atoms with E-state index in [9.17, 15) is 19.6 Å². The van der Waals surface area contributed by atoms with E-state index >= 15 is 0 Å². The molecule has 0 aliphatic carbocycles. The smallest absolute Gasteiger partial charge is 0.420 e. The molecule has 0 radical (unpaired) electrons. The number of amides is 2. The van der Waals surface area contributed by atoms with Gasteiger partial charge in [0.05, 0.1) is 26.0 Å². The SMILES string of the molecule is COC(=O)[C@H](C#N)[C@]1(C(C)C)C(=O)N(C(=O)OC)c2ccccc21. The van der Waals surface area contributed by atoms with Crippen molar-refractivity contribution in [3.05, 3.63) is 29.8 Å². The van der Waals surface area contributed by atoms with Gasteiger partial charge in [-0.25, -0.2) is 9.69 Å². The number of ether oxygens (including phenoxy) is 2. The van der Waals surface area contributed by atoms with E-state index in [0.29, 0.717) is 11.3 Å². The second-order valence-corrected chi connectivity index (χ2v) is 5.74. The lowest BCUT2D eigenvalue weighted by atomic mass is 9.64. The molecule has 2 atom stereocenters. The molecular weight excluding hydrogens is 312 g/mol. The monoisotopic (exact) mass is 330 g/mol. The zero-order valence-electron chi connectivity index (χ0n) is 13.9. The van der Waals surface area contributed by atoms with Crippen molar-refractivity contribution in [3.63, 3.8) is 0 Å². The van der Waals surface area contributed by atoms with Gasteiger partial charge in [-0.05, 0) is 17.5 Å². The molecule has 1 aromatic rings. The molecule has 2 amide bonds. The van der Waals surface area contributed by atoms with Crippen molar-refractivity contribution in [1.29, 1.82) is 5.26 Å². The molecule has 1 aliphatic heterocycles. The average molecular weight is 330 g/mol. The van der Waals surface area contributed by atoms with Crippen LogP contribution in [-0.4, -0.2) is 32.2 Å². The Morgan fingerprint density at radius 3 is 2.33 bits per heavy atom. The number of nitriles is 1. The fraction of sp³-hybridized carbons (Fsp3) is 0.412. The van der Waals surface area contributed by atoms with Crippen LogP contribution >= 0.6 is 0 Å². The lowest BCUT2D eigenvalue weighted by Gasteiger charge is -2.34. The van der Waals surface area contributed by atoms with Crippen LogP contribution in [0.5, 0.6) is 0 Å². The van der Waals surface area contributed by atoms with Gasteiger partial charge >= 0.3 is 12.1 Å². The van der Waals surface area contributed by atoms with Gasteiger partial charge in [-0.3, -0.25) is 9.59 Å². The third-order valence-electron chi connectivity index (χ3n) is 4.44. The molecule has 0 spiro atoms. The van der Waals surface area contributed by atoms with Crippen LogP contribution in [0.4, 0.5) is 10.5 Å². The van der Waals surface area contributed by atoms with Gasteiger partial charge < -0.3 is 9.47 Å². The van der Waals surface area contributed by atoms with Crippen molar-refractivity contribution in [2.24, 2.45) is 11.8 Å². The molecule has 1 aliphatic rings. The minimum absolute atomic E-state index is 0.312. The van der Waals surface area contributed by atoms with Crippen molar-refractivity contribution in [1.82, 2.24) is 0 Å². The van der Waals surface area contributed by atoms with Crippen LogP contribution in [0.25, 0.3) is 0 Å². The number of anilines is 1. The van der Waals surface area contributed by atoms with Crippen LogP contribution in [0, 0.1) is 23.2 Å². The summed E-state index contributed by atoms with van der Waals surface area (Å²) in [6.45, 7) is 3.45. The van der Waals surface area contributed by atoms with Crippen molar-refractivity contribution < 1.29 is 23.9 Å². The number of methoxy groups -OCH3 is 2. The molecule has 0 saturated heterocycles. The molecule has 7 heteroatoms. The van der Waals surface area contributed by atoms with Crippen molar-refractivity contribution in [2.45, 2.75) is 19.3 Å². The normalized spacial score (nSPS) is 20.3. The number of carbonyl (C=O) groups excluding carboxylic acids is 3. The number of nitrogens with zero attached hydrogens (tertiary/aromatic N) is 2. The van der Waals surface area contributed by atoms with Crippen LogP contribution < -0.4 is 4.90 Å². The van der Waals surface area contributed by atoms with Gasteiger partial charge in [-0.15, -0.1) is 0 Å². The summed E-state index contributed by atoms with van der Waals surface area (Å²) in [6, 6.07) is 8.47. The van der Waals surface area contributed by atoms with Crippen LogP contribution in [0.3, 0.4) is 0 Å². The number of hydrogen-bond acceptors (Lipinski definition) is 6. The number of hydrogen-bond donors (Lipinski definition) is 0. The molecule has 24 heavy (non-hydrogen) atoms. The predicted octanol–water partition coefficient (Wildman–Crippen LogP) is 2.01. The third-order valence-corrected chi connectivity index (χ3v) is 4.44. The Bertz CT molecular complexity index is 737. The summed E-state index contributed by atoms with van der Waals surface area (Å²) in [5.41, 5.74) is -0.772. The van der Waals surface area contributed by atoms with E-state index in [-0.39, 0.29) is 0 Å². The van der Waals surface area contributed by atoms with E-state index in [2.05, 4.69) is 0 Å². The summed E-state index contributed by atoms with van der Waals surface area (Å²) < 4.78 is 9.43. The molecular formula is C17H18N2O5. The Morgan fingerprint density at radius 1 is 1.21 bits per heavy atom. The number of rotatable bonds is 3. The minimum Gasteiger partial charge on any atom is -0.468 e. The highest BCUT2D eigenvalue weighted by molar-refractivity contribution is 6.22. The first-order chi connectivity index (χ1) is 11.4. The first-order valence-corrected chi connectivity index (χ1v) is 7.37. The topological polar surface area (TPSA) is 96.7 Å². The van der Waals surface area contributed by atoms with Crippen LogP contribution in [-0.2, 0) is 24.5 Å². The van der Waals surface area contributed by atoms with Crippen LogP contribution in [0.1, 0.15) is 19.4 Å². The fourth-order valence-electron chi connectivity index (χ4n) is 3.33. The quantitative estimate of drug-likeness (QED) is 0.786. The summed E-state index contributed by atoms with van der Waals surface area (Å²) in [5.74, 6) is -3.31. The van der Waals surface area contributed by atoms with E-state index in [0.717, 1.165) is 19.1 Å². The number of esters is 1. The molecule has 0 fully saturated rings. The molecule has 0 aromatic heterocycles. The number of para-hydroxylation sites is 1. The van der Waals surface area contributed by atoms with E-state index in [4.69, 9.17) is 9.47 Å². The highest BCUT2D eigenvalue weighted by Gasteiger charge is 2.62. The number of imide groups is 1. The first kappa shape index (κ1) is 17.5. The number of carbonyl (C=O) groups is 3. The van der Waals surface area contributed by atoms with Crippen LogP contribution in [0.15, 0.2) is 24.3 Å². The zero-order chi connectivity index (χ0) is 18.1. The van der Waals surface area contributed by atoms with Gasteiger partial charge in [0.15, 0.2) is 5.92 Å². The molecule has 7 nitrogen and oxygen atoms in total. The molecule has 126 valence electrons. The molecule has 0 unspecified atom stereocenters. The maximum absolute atomic E-state index is 13.2. The van der Waals surface area contributed by atoms with Gasteiger partial charge in [0.2, 0.25) is 5.91 Å². The molecule has 0 bridgehead atoms. The standard InChI is InChI=1S/C17H18N2O5/c1-10(2)17(12(9-18)14(20)23-3)11-7-5-6-8-13(11)19(15(17)21)16(22)24-4/h5-8,10,12H,1-4H3/t12-,17+/m0/s1. The fourth-order valence-corrected chi connectivity index (χ4v) is 3.33. The van der Waals surface area contributed by atoms with Gasteiger partial charge in [-0.2, -0.15) is 5.26 Å². The van der Waals surface area contributed by atoms with Crippen molar-refractivity contribution >= 4 is 23.7 Å². The summed E-state index contributed by atoms with van der Waals surface area (Å²) in [6.07, 6.45) is -0.864. The Kier molecular flexibility index (Phi) is 4.60. The van der Waals surface area contributed by atoms with E-state index in [1.807, 2.05) is 6.07 Å². The lowest BCUT2D eigenvalue weighted by Crippen LogP contribution is -2.52. The second-order valence-electron chi connectivity index (χ2n) is 5.74. The Balaban J connectivity index is 2.82. The summed E-state index contributed by atoms with van der Waals surface area (Å²) in [7, 11) is 2.32. The molecule has 1 aromatic carbocycles. The van der Waals surface area contributed by atoms with E-state index in [1.165, 1.54) is 0 Å². The van der Waals surface area contributed by atoms with Crippen LogP contribution in [0.2, 0.25) is 0 Å². The zero-order valence-corrected chi connectivity index (χ0v) is 13.9. The summed E-state index contributed by atoms with van der Waals surface area (Å²) in [4.78, 5) is 38.4.